The predicted molar refractivity (Wildman–Crippen MR) is 113 cm³/mol. The molecule has 2 aliphatic rings. The Morgan fingerprint density at radius 2 is 1.93 bits per heavy atom. The van der Waals surface area contributed by atoms with E-state index in [0.29, 0.717) is 13.1 Å². The Morgan fingerprint density at radius 1 is 1.22 bits per heavy atom. The van der Waals surface area contributed by atoms with E-state index in [0.717, 1.165) is 49.7 Å². The summed E-state index contributed by atoms with van der Waals surface area (Å²) in [4.78, 5) is 19.0. The number of nitrogens with one attached hydrogen (secondary N) is 1. The van der Waals surface area contributed by atoms with Gasteiger partial charge in [0.1, 0.15) is 0 Å². The number of ether oxygens (including phenoxy) is 1. The fourth-order valence-electron chi connectivity index (χ4n) is 3.76. The number of urea groups is 1. The SMILES string of the molecule is CN(Cc1ccc(N(C)C)cc1)C(=O)NC[C@]1(N2CCOCC2)CCSC1. The van der Waals surface area contributed by atoms with Crippen LogP contribution in [0.4, 0.5) is 10.5 Å². The van der Waals surface area contributed by atoms with E-state index in [2.05, 4.69) is 39.4 Å². The summed E-state index contributed by atoms with van der Waals surface area (Å²) in [6.07, 6.45) is 1.13. The minimum Gasteiger partial charge on any atom is -0.379 e. The van der Waals surface area contributed by atoms with Gasteiger partial charge in [-0.3, -0.25) is 4.90 Å². The number of rotatable bonds is 6. The summed E-state index contributed by atoms with van der Waals surface area (Å²) in [5.74, 6) is 2.25. The second-order valence-corrected chi connectivity index (χ2v) is 8.81. The smallest absolute Gasteiger partial charge is 0.317 e. The normalized spacial score (nSPS) is 23.2. The topological polar surface area (TPSA) is 48.0 Å². The molecule has 2 heterocycles. The Balaban J connectivity index is 1.54. The van der Waals surface area contributed by atoms with Crippen molar-refractivity contribution in [3.05, 3.63) is 29.8 Å². The number of anilines is 1. The Kier molecular flexibility index (Phi) is 6.89. The third-order valence-electron chi connectivity index (χ3n) is 5.55. The first-order chi connectivity index (χ1) is 13.0. The number of carbonyl (C=O) groups excluding carboxylic acids is 1. The highest BCUT2D eigenvalue weighted by molar-refractivity contribution is 7.99. The molecular formula is C20H32N4O2S. The zero-order valence-electron chi connectivity index (χ0n) is 16.7. The quantitative estimate of drug-likeness (QED) is 0.803. The van der Waals surface area contributed by atoms with Crippen LogP contribution in [0.1, 0.15) is 12.0 Å². The van der Waals surface area contributed by atoms with Crippen molar-refractivity contribution in [2.45, 2.75) is 18.5 Å². The van der Waals surface area contributed by atoms with Crippen LogP contribution < -0.4 is 10.2 Å². The number of nitrogens with zero attached hydrogens (tertiary/aromatic N) is 3. The fourth-order valence-corrected chi connectivity index (χ4v) is 5.23. The molecule has 1 N–H and O–H groups in total. The molecule has 1 aromatic rings. The first-order valence-corrected chi connectivity index (χ1v) is 10.8. The number of benzene rings is 1. The largest absolute Gasteiger partial charge is 0.379 e. The van der Waals surface area contributed by atoms with Crippen LogP contribution in [0.25, 0.3) is 0 Å². The fraction of sp³-hybridized carbons (Fsp3) is 0.650. The zero-order chi connectivity index (χ0) is 19.3. The van der Waals surface area contributed by atoms with Crippen LogP contribution in [0.3, 0.4) is 0 Å². The van der Waals surface area contributed by atoms with E-state index in [1.54, 1.807) is 4.90 Å². The van der Waals surface area contributed by atoms with E-state index >= 15 is 0 Å². The summed E-state index contributed by atoms with van der Waals surface area (Å²) in [7, 11) is 5.92. The minimum atomic E-state index is -0.00350. The molecule has 0 unspecified atom stereocenters. The van der Waals surface area contributed by atoms with Gasteiger partial charge in [0.05, 0.1) is 13.2 Å². The van der Waals surface area contributed by atoms with E-state index in [-0.39, 0.29) is 11.6 Å². The van der Waals surface area contributed by atoms with E-state index in [1.807, 2.05) is 32.9 Å². The van der Waals surface area contributed by atoms with E-state index in [1.165, 1.54) is 5.75 Å². The Bertz CT molecular complexity index is 611. The van der Waals surface area contributed by atoms with Crippen molar-refractivity contribution in [1.29, 1.82) is 0 Å². The number of hydrogen-bond acceptors (Lipinski definition) is 5. The molecule has 0 aliphatic carbocycles. The van der Waals surface area contributed by atoms with Crippen LogP contribution in [0, 0.1) is 0 Å². The van der Waals surface area contributed by atoms with Crippen molar-refractivity contribution < 1.29 is 9.53 Å². The van der Waals surface area contributed by atoms with Crippen LogP contribution in [0.2, 0.25) is 0 Å². The second-order valence-electron chi connectivity index (χ2n) is 7.70. The van der Waals surface area contributed by atoms with Gasteiger partial charge in [0.15, 0.2) is 0 Å². The Labute approximate surface area is 167 Å². The van der Waals surface area contributed by atoms with Gasteiger partial charge in [-0.05, 0) is 29.9 Å². The molecule has 0 aromatic heterocycles. The maximum atomic E-state index is 12.7. The molecule has 150 valence electrons. The Morgan fingerprint density at radius 3 is 2.52 bits per heavy atom. The summed E-state index contributed by atoms with van der Waals surface area (Å²) >= 11 is 1.99. The molecule has 3 rings (SSSR count). The highest BCUT2D eigenvalue weighted by Gasteiger charge is 2.41. The van der Waals surface area contributed by atoms with E-state index < -0.39 is 0 Å². The lowest BCUT2D eigenvalue weighted by molar-refractivity contribution is -0.0127. The highest BCUT2D eigenvalue weighted by Crippen LogP contribution is 2.33. The average molecular weight is 393 g/mol. The van der Waals surface area contributed by atoms with Crippen LogP contribution in [0.5, 0.6) is 0 Å². The van der Waals surface area contributed by atoms with Crippen molar-refractivity contribution >= 4 is 23.5 Å². The lowest BCUT2D eigenvalue weighted by Gasteiger charge is -2.43. The number of carbonyl (C=O) groups is 1. The molecule has 0 bridgehead atoms. The molecule has 7 heteroatoms. The number of hydrogen-bond donors (Lipinski definition) is 1. The molecule has 0 saturated carbocycles. The van der Waals surface area contributed by atoms with Crippen LogP contribution in [0.15, 0.2) is 24.3 Å². The number of thioether (sulfide) groups is 1. The zero-order valence-corrected chi connectivity index (χ0v) is 17.6. The molecule has 1 atom stereocenters. The third-order valence-corrected chi connectivity index (χ3v) is 6.79. The van der Waals surface area contributed by atoms with E-state index in [9.17, 15) is 4.79 Å². The molecule has 1 aromatic carbocycles. The molecule has 2 saturated heterocycles. The first kappa shape index (κ1) is 20.3. The molecule has 0 radical (unpaired) electrons. The summed E-state index contributed by atoms with van der Waals surface area (Å²) in [6.45, 7) is 4.84. The van der Waals surface area contributed by atoms with Crippen molar-refractivity contribution in [2.75, 3.05) is 70.4 Å². The van der Waals surface area contributed by atoms with Gasteiger partial charge < -0.3 is 19.9 Å². The lowest BCUT2D eigenvalue weighted by atomic mass is 9.95. The van der Waals surface area contributed by atoms with Gasteiger partial charge in [0, 0.05) is 64.3 Å². The first-order valence-electron chi connectivity index (χ1n) is 9.66. The molecule has 2 amide bonds. The third kappa shape index (κ3) is 5.09. The van der Waals surface area contributed by atoms with Crippen molar-refractivity contribution in [3.63, 3.8) is 0 Å². The molecule has 2 aliphatic heterocycles. The maximum absolute atomic E-state index is 12.7. The number of amides is 2. The van der Waals surface area contributed by atoms with Gasteiger partial charge >= 0.3 is 6.03 Å². The van der Waals surface area contributed by atoms with Gasteiger partial charge in [-0.15, -0.1) is 0 Å². The van der Waals surface area contributed by atoms with Gasteiger partial charge in [-0.1, -0.05) is 12.1 Å². The predicted octanol–water partition coefficient (Wildman–Crippen LogP) is 2.10. The molecular weight excluding hydrogens is 360 g/mol. The molecule has 0 spiro atoms. The van der Waals surface area contributed by atoms with Gasteiger partial charge in [0.2, 0.25) is 0 Å². The molecule has 27 heavy (non-hydrogen) atoms. The molecule has 2 fully saturated rings. The lowest BCUT2D eigenvalue weighted by Crippen LogP contribution is -2.59. The summed E-state index contributed by atoms with van der Waals surface area (Å²) in [5, 5.41) is 3.20. The summed E-state index contributed by atoms with van der Waals surface area (Å²) < 4.78 is 5.51. The van der Waals surface area contributed by atoms with Crippen molar-refractivity contribution in [2.24, 2.45) is 0 Å². The van der Waals surface area contributed by atoms with E-state index in [4.69, 9.17) is 4.74 Å². The Hall–Kier alpha value is -1.44. The maximum Gasteiger partial charge on any atom is 0.317 e. The van der Waals surface area contributed by atoms with Gasteiger partial charge in [0.25, 0.3) is 0 Å². The van der Waals surface area contributed by atoms with Crippen molar-refractivity contribution in [1.82, 2.24) is 15.1 Å². The van der Waals surface area contributed by atoms with Crippen LogP contribution >= 0.6 is 11.8 Å². The van der Waals surface area contributed by atoms with Crippen LogP contribution in [-0.2, 0) is 11.3 Å². The summed E-state index contributed by atoms with van der Waals surface area (Å²) in [5.41, 5.74) is 2.38. The summed E-state index contributed by atoms with van der Waals surface area (Å²) in [6, 6.07) is 8.34. The average Bonchev–Trinajstić information content (AvgIpc) is 3.17. The van der Waals surface area contributed by atoms with Gasteiger partial charge in [-0.25, -0.2) is 4.79 Å². The standard InChI is InChI=1S/C20H32N4O2S/c1-22(2)18-6-4-17(5-7-18)14-23(3)19(25)21-15-20(8-13-27-16-20)24-9-11-26-12-10-24/h4-7H,8-16H2,1-3H3,(H,21,25)/t20-/m1/s1. The number of morpholine rings is 1. The second kappa shape index (κ2) is 9.17. The van der Waals surface area contributed by atoms with Crippen LogP contribution in [-0.4, -0.2) is 86.9 Å². The minimum absolute atomic E-state index is 0.00350. The van der Waals surface area contributed by atoms with Gasteiger partial charge in [-0.2, -0.15) is 11.8 Å². The molecule has 6 nitrogen and oxygen atoms in total. The highest BCUT2D eigenvalue weighted by atomic mass is 32.2. The monoisotopic (exact) mass is 392 g/mol. The van der Waals surface area contributed by atoms with Crippen molar-refractivity contribution in [3.8, 4) is 0 Å².